The topological polar surface area (TPSA) is 47.0 Å². The first-order valence-corrected chi connectivity index (χ1v) is 7.60. The fourth-order valence-corrected chi connectivity index (χ4v) is 3.39. The van der Waals surface area contributed by atoms with E-state index < -0.39 is 0 Å². The van der Waals surface area contributed by atoms with Crippen molar-refractivity contribution >= 4 is 16.5 Å². The van der Waals surface area contributed by atoms with E-state index >= 15 is 0 Å². The van der Waals surface area contributed by atoms with Crippen LogP contribution in [0.25, 0.3) is 0 Å². The Morgan fingerprint density at radius 2 is 2.00 bits per heavy atom. The van der Waals surface area contributed by atoms with E-state index in [1.165, 1.54) is 0 Å². The number of nitrogens with zero attached hydrogens (tertiary/aromatic N) is 2. The van der Waals surface area contributed by atoms with Crippen LogP contribution in [0.4, 0.5) is 5.13 Å². The molecule has 1 heterocycles. The summed E-state index contributed by atoms with van der Waals surface area (Å²) in [5.74, 6) is 0.642. The van der Waals surface area contributed by atoms with Crippen LogP contribution in [0.3, 0.4) is 0 Å². The quantitative estimate of drug-likeness (QED) is 0.892. The highest BCUT2D eigenvalue weighted by Gasteiger charge is 2.21. The Labute approximate surface area is 113 Å². The third-order valence-corrected chi connectivity index (χ3v) is 4.26. The molecule has 102 valence electrons. The van der Waals surface area contributed by atoms with Gasteiger partial charge in [-0.05, 0) is 31.6 Å². The Bertz CT molecular complexity index is 359. The molecule has 0 saturated heterocycles. The number of hydrogen-bond donors (Lipinski definition) is 1. The number of anilines is 1. The van der Waals surface area contributed by atoms with Crippen LogP contribution in [-0.4, -0.2) is 29.5 Å². The van der Waals surface area contributed by atoms with E-state index in [-0.39, 0.29) is 0 Å². The third-order valence-electron chi connectivity index (χ3n) is 3.38. The van der Waals surface area contributed by atoms with Crippen molar-refractivity contribution in [3.05, 3.63) is 5.01 Å². The van der Waals surface area contributed by atoms with Crippen molar-refractivity contribution in [2.75, 3.05) is 12.4 Å². The lowest BCUT2D eigenvalue weighted by Gasteiger charge is -2.27. The van der Waals surface area contributed by atoms with Crippen LogP contribution in [0.2, 0.25) is 0 Å². The summed E-state index contributed by atoms with van der Waals surface area (Å²) in [6, 6.07) is 0.538. The fraction of sp³-hybridized carbons (Fsp3) is 0.846. The molecule has 4 nitrogen and oxygen atoms in total. The molecule has 0 aromatic carbocycles. The average Bonchev–Trinajstić information content (AvgIpc) is 2.76. The molecule has 0 bridgehead atoms. The molecule has 0 amide bonds. The second-order valence-corrected chi connectivity index (χ2v) is 6.51. The molecule has 1 aromatic heterocycles. The first kappa shape index (κ1) is 13.7. The lowest BCUT2D eigenvalue weighted by atomic mass is 9.93. The maximum atomic E-state index is 5.38. The summed E-state index contributed by atoms with van der Waals surface area (Å²) < 4.78 is 5.38. The van der Waals surface area contributed by atoms with E-state index in [1.54, 1.807) is 18.4 Å². The molecule has 0 radical (unpaired) electrons. The number of rotatable bonds is 5. The van der Waals surface area contributed by atoms with Gasteiger partial charge in [0.25, 0.3) is 0 Å². The lowest BCUT2D eigenvalue weighted by Crippen LogP contribution is -2.29. The molecular formula is C13H23N3OS. The molecule has 1 aromatic rings. The molecule has 0 spiro atoms. The molecule has 0 atom stereocenters. The SMILES string of the molecule is COC1CCC(Nc2nnc(CC(C)C)s2)CC1. The van der Waals surface area contributed by atoms with E-state index in [4.69, 9.17) is 4.74 Å². The minimum absolute atomic E-state index is 0.453. The summed E-state index contributed by atoms with van der Waals surface area (Å²) in [6.07, 6.45) is 6.09. The van der Waals surface area contributed by atoms with Crippen molar-refractivity contribution < 1.29 is 4.74 Å². The Morgan fingerprint density at radius 3 is 2.61 bits per heavy atom. The van der Waals surface area contributed by atoms with Gasteiger partial charge in [-0.3, -0.25) is 0 Å². The predicted molar refractivity (Wildman–Crippen MR) is 75.1 cm³/mol. The van der Waals surface area contributed by atoms with Crippen molar-refractivity contribution in [3.8, 4) is 0 Å². The zero-order valence-electron chi connectivity index (χ0n) is 11.5. The summed E-state index contributed by atoms with van der Waals surface area (Å²) in [5.41, 5.74) is 0. The molecule has 1 N–H and O–H groups in total. The highest BCUT2D eigenvalue weighted by molar-refractivity contribution is 7.15. The van der Waals surface area contributed by atoms with Gasteiger partial charge < -0.3 is 10.1 Å². The maximum Gasteiger partial charge on any atom is 0.205 e. The summed E-state index contributed by atoms with van der Waals surface area (Å²) in [4.78, 5) is 0. The summed E-state index contributed by atoms with van der Waals surface area (Å²) in [6.45, 7) is 4.42. The summed E-state index contributed by atoms with van der Waals surface area (Å²) >= 11 is 1.70. The average molecular weight is 269 g/mol. The monoisotopic (exact) mass is 269 g/mol. The number of methoxy groups -OCH3 is 1. The molecule has 1 aliphatic rings. The highest BCUT2D eigenvalue weighted by atomic mass is 32.1. The van der Waals surface area contributed by atoms with Crippen molar-refractivity contribution in [2.45, 2.75) is 58.1 Å². The van der Waals surface area contributed by atoms with E-state index in [2.05, 4.69) is 29.4 Å². The van der Waals surface area contributed by atoms with Gasteiger partial charge in [-0.25, -0.2) is 0 Å². The van der Waals surface area contributed by atoms with Crippen LogP contribution < -0.4 is 5.32 Å². The minimum atomic E-state index is 0.453. The Balaban J connectivity index is 1.81. The first-order valence-electron chi connectivity index (χ1n) is 6.79. The van der Waals surface area contributed by atoms with Crippen LogP contribution in [0, 0.1) is 5.92 Å². The fourth-order valence-electron chi connectivity index (χ4n) is 2.36. The maximum absolute atomic E-state index is 5.38. The van der Waals surface area contributed by atoms with Gasteiger partial charge in [0.2, 0.25) is 5.13 Å². The van der Waals surface area contributed by atoms with Gasteiger partial charge in [0, 0.05) is 19.6 Å². The van der Waals surface area contributed by atoms with Gasteiger partial charge in [0.15, 0.2) is 0 Å². The van der Waals surface area contributed by atoms with E-state index in [9.17, 15) is 0 Å². The number of aromatic nitrogens is 2. The summed E-state index contributed by atoms with van der Waals surface area (Å²) in [7, 11) is 1.81. The van der Waals surface area contributed by atoms with Gasteiger partial charge in [-0.1, -0.05) is 25.2 Å². The van der Waals surface area contributed by atoms with Crippen molar-refractivity contribution in [1.29, 1.82) is 0 Å². The molecule has 1 saturated carbocycles. The van der Waals surface area contributed by atoms with Crippen molar-refractivity contribution in [1.82, 2.24) is 10.2 Å². The lowest BCUT2D eigenvalue weighted by molar-refractivity contribution is 0.0682. The Kier molecular flexibility index (Phi) is 4.95. The second kappa shape index (κ2) is 6.48. The number of ether oxygens (including phenoxy) is 1. The van der Waals surface area contributed by atoms with Crippen molar-refractivity contribution in [3.63, 3.8) is 0 Å². The van der Waals surface area contributed by atoms with E-state index in [0.29, 0.717) is 18.1 Å². The Morgan fingerprint density at radius 1 is 1.28 bits per heavy atom. The molecule has 0 unspecified atom stereocenters. The van der Waals surface area contributed by atoms with Crippen molar-refractivity contribution in [2.24, 2.45) is 5.92 Å². The normalized spacial score (nSPS) is 24.4. The van der Waals surface area contributed by atoms with Crippen LogP contribution in [-0.2, 0) is 11.2 Å². The van der Waals surface area contributed by atoms with Crippen LogP contribution in [0.5, 0.6) is 0 Å². The third kappa shape index (κ3) is 3.92. The van der Waals surface area contributed by atoms with Gasteiger partial charge in [0.1, 0.15) is 5.01 Å². The van der Waals surface area contributed by atoms with E-state index in [0.717, 1.165) is 42.2 Å². The molecule has 2 rings (SSSR count). The largest absolute Gasteiger partial charge is 0.381 e. The second-order valence-electron chi connectivity index (χ2n) is 5.45. The van der Waals surface area contributed by atoms with Gasteiger partial charge in [-0.2, -0.15) is 0 Å². The van der Waals surface area contributed by atoms with Gasteiger partial charge >= 0.3 is 0 Å². The molecule has 0 aliphatic heterocycles. The van der Waals surface area contributed by atoms with Crippen LogP contribution >= 0.6 is 11.3 Å². The van der Waals surface area contributed by atoms with E-state index in [1.807, 2.05) is 0 Å². The van der Waals surface area contributed by atoms with Gasteiger partial charge in [-0.15, -0.1) is 10.2 Å². The zero-order valence-corrected chi connectivity index (χ0v) is 12.3. The van der Waals surface area contributed by atoms with Crippen LogP contribution in [0.15, 0.2) is 0 Å². The molecular weight excluding hydrogens is 246 g/mol. The molecule has 5 heteroatoms. The summed E-state index contributed by atoms with van der Waals surface area (Å²) in [5, 5.41) is 14.1. The predicted octanol–water partition coefficient (Wildman–Crippen LogP) is 3.11. The minimum Gasteiger partial charge on any atom is -0.381 e. The standard InChI is InChI=1S/C13H23N3OS/c1-9(2)8-12-15-16-13(18-12)14-10-4-6-11(17-3)7-5-10/h9-11H,4-8H2,1-3H3,(H,14,16). The smallest absolute Gasteiger partial charge is 0.205 e. The first-order chi connectivity index (χ1) is 8.67. The van der Waals surface area contributed by atoms with Gasteiger partial charge in [0.05, 0.1) is 6.10 Å². The molecule has 1 fully saturated rings. The Hall–Kier alpha value is -0.680. The number of hydrogen-bond acceptors (Lipinski definition) is 5. The molecule has 1 aliphatic carbocycles. The molecule has 18 heavy (non-hydrogen) atoms. The van der Waals surface area contributed by atoms with Crippen LogP contribution in [0.1, 0.15) is 44.5 Å². The highest BCUT2D eigenvalue weighted by Crippen LogP contribution is 2.25. The zero-order chi connectivity index (χ0) is 13.0. The number of nitrogens with one attached hydrogen (secondary N) is 1.